The van der Waals surface area contributed by atoms with Crippen molar-refractivity contribution in [3.8, 4) is 33.8 Å². The van der Waals surface area contributed by atoms with E-state index in [0.29, 0.717) is 0 Å². The molecule has 48 heavy (non-hydrogen) atoms. The number of nitrogens with zero attached hydrogens (tertiary/aromatic N) is 5. The molecule has 3 heterocycles. The van der Waals surface area contributed by atoms with E-state index in [9.17, 15) is 0 Å². The minimum atomic E-state index is -4.69. The zero-order valence-electron chi connectivity index (χ0n) is 26.9. The lowest BCUT2D eigenvalue weighted by Gasteiger charge is -2.28. The molecule has 7 rings (SSSR count). The quantitative estimate of drug-likeness (QED) is 0.264. The maximum atomic E-state index is 8.60. The van der Waals surface area contributed by atoms with E-state index < -0.39 is 10.2 Å². The van der Waals surface area contributed by atoms with E-state index in [4.69, 9.17) is 28.6 Å². The first kappa shape index (κ1) is 32.9. The standard InChI is InChI=1S/C38H35N5.ClHO4/c1-4-42-33(26-25-31-30-23-15-16-24-32(30)41(3)36(31)29-21-13-8-14-22-29)43(5-2)38-37(42)39-34(27-17-9-6-10-18-27)35(40-38)28-19-11-7-12-20-28;2-1(3,4)5/h6-26,33H,4-5H2,1-3H3;(H,2,3,4,5). The molecule has 0 saturated carbocycles. The summed E-state index contributed by atoms with van der Waals surface area (Å²) < 4.78 is 35.0. The van der Waals surface area contributed by atoms with E-state index in [1.807, 2.05) is 12.1 Å². The summed E-state index contributed by atoms with van der Waals surface area (Å²) in [4.78, 5) is 15.5. The molecule has 1 N–H and O–H groups in total. The van der Waals surface area contributed by atoms with Crippen molar-refractivity contribution in [2.45, 2.75) is 20.0 Å². The van der Waals surface area contributed by atoms with Gasteiger partial charge < -0.3 is 14.4 Å². The van der Waals surface area contributed by atoms with Crippen molar-refractivity contribution in [2.75, 3.05) is 22.9 Å². The minimum absolute atomic E-state index is 0.0118. The number of hydrogen-bond donors (Lipinski definition) is 1. The molecule has 0 atom stereocenters. The average Bonchev–Trinajstić information content (AvgIpc) is 3.56. The van der Waals surface area contributed by atoms with Crippen molar-refractivity contribution in [3.05, 3.63) is 127 Å². The van der Waals surface area contributed by atoms with E-state index in [2.05, 4.69) is 151 Å². The fourth-order valence-corrected chi connectivity index (χ4v) is 6.42. The maximum absolute atomic E-state index is 8.60. The fourth-order valence-electron chi connectivity index (χ4n) is 6.42. The van der Waals surface area contributed by atoms with Crippen LogP contribution in [-0.2, 0) is 7.05 Å². The van der Waals surface area contributed by atoms with Crippen LogP contribution in [0.2, 0.25) is 0 Å². The summed E-state index contributed by atoms with van der Waals surface area (Å²) in [6, 6.07) is 40.2. The summed E-state index contributed by atoms with van der Waals surface area (Å²) in [5.41, 5.74) is 8.82. The second kappa shape index (κ2) is 14.0. The van der Waals surface area contributed by atoms with Crippen LogP contribution < -0.4 is 23.8 Å². The lowest BCUT2D eigenvalue weighted by Crippen LogP contribution is -2.58. The van der Waals surface area contributed by atoms with Crippen molar-refractivity contribution in [1.82, 2.24) is 14.5 Å². The Morgan fingerprint density at radius 2 is 1.08 bits per heavy atom. The smallest absolute Gasteiger partial charge is 0.174 e. The molecule has 2 aromatic heterocycles. The Balaban J connectivity index is 0.000000749. The number of para-hydroxylation sites is 1. The van der Waals surface area contributed by atoms with Crippen molar-refractivity contribution in [2.24, 2.45) is 7.05 Å². The lowest BCUT2D eigenvalue weighted by atomic mass is 10.0. The molecule has 0 bridgehead atoms. The Labute approximate surface area is 282 Å². The minimum Gasteiger partial charge on any atom is -0.343 e. The van der Waals surface area contributed by atoms with Crippen molar-refractivity contribution in [1.29, 1.82) is 0 Å². The first-order valence-corrected chi connectivity index (χ1v) is 17.0. The molecule has 244 valence electrons. The highest BCUT2D eigenvalue weighted by molar-refractivity contribution is 5.98. The normalized spacial score (nSPS) is 13.2. The predicted molar refractivity (Wildman–Crippen MR) is 182 cm³/mol. The molecule has 0 radical (unpaired) electrons. The van der Waals surface area contributed by atoms with Gasteiger partial charge in [0.05, 0.1) is 32.0 Å². The highest BCUT2D eigenvalue weighted by Gasteiger charge is 2.37. The molecule has 10 heteroatoms. The molecule has 0 unspecified atom stereocenters. The summed E-state index contributed by atoms with van der Waals surface area (Å²) in [7, 11) is -2.53. The van der Waals surface area contributed by atoms with E-state index in [-0.39, 0.29) is 6.17 Å². The van der Waals surface area contributed by atoms with Gasteiger partial charge in [-0.25, -0.2) is 9.97 Å². The first-order valence-electron chi connectivity index (χ1n) is 15.7. The van der Waals surface area contributed by atoms with E-state index in [1.54, 1.807) is 0 Å². The Kier molecular flexibility index (Phi) is 9.58. The summed E-state index contributed by atoms with van der Waals surface area (Å²) in [6.07, 6.45) is 4.62. The van der Waals surface area contributed by atoms with Gasteiger partial charge in [0.2, 0.25) is 0 Å². The van der Waals surface area contributed by atoms with Gasteiger partial charge in [-0.3, -0.25) is 0 Å². The average molecular weight is 662 g/mol. The second-order valence-corrected chi connectivity index (χ2v) is 12.0. The zero-order chi connectivity index (χ0) is 33.8. The SMILES string of the molecule is CCN1c2nc(-c3ccccc3)c(-c3ccccc3)nc2N(CC)C1C=Cc1c(-c2ccccc2)n(C)c2ccccc12.[O-][Cl+3]([O-])([O-])O. The largest absolute Gasteiger partial charge is 0.343 e. The number of benzene rings is 4. The molecule has 0 saturated heterocycles. The number of fused-ring (bicyclic) bond motifs is 2. The van der Waals surface area contributed by atoms with Gasteiger partial charge in [-0.15, -0.1) is 0 Å². The van der Waals surface area contributed by atoms with Crippen LogP contribution in [0.3, 0.4) is 0 Å². The van der Waals surface area contributed by atoms with Gasteiger partial charge in [-0.1, -0.05) is 115 Å². The topological polar surface area (TPSA) is 127 Å². The fraction of sp³-hybridized carbons (Fsp3) is 0.158. The summed E-state index contributed by atoms with van der Waals surface area (Å²) in [5.74, 6) is 1.86. The Bertz CT molecular complexity index is 1950. The van der Waals surface area contributed by atoms with E-state index in [1.165, 1.54) is 27.7 Å². The van der Waals surface area contributed by atoms with Crippen LogP contribution in [0.15, 0.2) is 121 Å². The van der Waals surface area contributed by atoms with Gasteiger partial charge in [0.1, 0.15) is 6.17 Å². The summed E-state index contributed by atoms with van der Waals surface area (Å²) in [5, 5.41) is 1.25. The third kappa shape index (κ3) is 6.68. The number of aromatic nitrogens is 3. The molecule has 0 aliphatic carbocycles. The van der Waals surface area contributed by atoms with E-state index in [0.717, 1.165) is 47.2 Å². The van der Waals surface area contributed by atoms with Crippen LogP contribution in [0, 0.1) is 10.2 Å². The number of anilines is 2. The van der Waals surface area contributed by atoms with Gasteiger partial charge in [-0.2, -0.15) is 14.0 Å². The molecule has 0 spiro atoms. The first-order chi connectivity index (χ1) is 23.2. The predicted octanol–water partition coefficient (Wildman–Crippen LogP) is 4.55. The van der Waals surface area contributed by atoms with Gasteiger partial charge in [0.15, 0.2) is 11.6 Å². The van der Waals surface area contributed by atoms with Crippen LogP contribution in [-0.4, -0.2) is 38.4 Å². The van der Waals surface area contributed by atoms with Crippen LogP contribution >= 0.6 is 0 Å². The van der Waals surface area contributed by atoms with Crippen molar-refractivity contribution >= 4 is 28.6 Å². The molecule has 6 aromatic rings. The van der Waals surface area contributed by atoms with Gasteiger partial charge >= 0.3 is 0 Å². The number of hydrogen-bond acceptors (Lipinski definition) is 8. The summed E-state index contributed by atoms with van der Waals surface area (Å²) in [6.45, 7) is 6.03. The Morgan fingerprint density at radius 3 is 1.54 bits per heavy atom. The second-order valence-electron chi connectivity index (χ2n) is 11.2. The molecular weight excluding hydrogens is 626 g/mol. The molecule has 1 aliphatic heterocycles. The van der Waals surface area contributed by atoms with Gasteiger partial charge in [-0.05, 0) is 31.6 Å². The number of likely N-dealkylation sites (N-methyl/N-ethyl adjacent to an activating group) is 2. The van der Waals surface area contributed by atoms with Crippen LogP contribution in [0.5, 0.6) is 0 Å². The molecule has 0 amide bonds. The van der Waals surface area contributed by atoms with Crippen molar-refractivity contribution in [3.63, 3.8) is 0 Å². The molecule has 9 nitrogen and oxygen atoms in total. The molecule has 4 aromatic carbocycles. The van der Waals surface area contributed by atoms with Gasteiger partial charge in [0, 0.05) is 47.7 Å². The number of halogens is 1. The van der Waals surface area contributed by atoms with Crippen molar-refractivity contribution < 1.29 is 28.9 Å². The van der Waals surface area contributed by atoms with Crippen LogP contribution in [0.1, 0.15) is 19.4 Å². The molecule has 1 aliphatic rings. The monoisotopic (exact) mass is 661 g/mol. The highest BCUT2D eigenvalue weighted by Crippen LogP contribution is 2.42. The molecule has 0 fully saturated rings. The lowest BCUT2D eigenvalue weighted by molar-refractivity contribution is -1.92. The van der Waals surface area contributed by atoms with Gasteiger partial charge in [0.25, 0.3) is 0 Å². The maximum Gasteiger partial charge on any atom is 0.174 e. The third-order valence-electron chi connectivity index (χ3n) is 8.45. The highest BCUT2D eigenvalue weighted by atomic mass is 35.7. The van der Waals surface area contributed by atoms with E-state index >= 15 is 0 Å². The van der Waals surface area contributed by atoms with Crippen LogP contribution in [0.4, 0.5) is 11.6 Å². The zero-order valence-corrected chi connectivity index (χ0v) is 27.7. The molecular formula is C38H36ClN5O4. The third-order valence-corrected chi connectivity index (χ3v) is 8.45. The Hall–Kier alpha value is -5.03. The Morgan fingerprint density at radius 1 is 0.667 bits per heavy atom. The number of rotatable bonds is 7. The number of aryl methyl sites for hydroxylation is 1. The summed E-state index contributed by atoms with van der Waals surface area (Å²) >= 11 is 0. The van der Waals surface area contributed by atoms with Crippen LogP contribution in [0.25, 0.3) is 50.8 Å².